The van der Waals surface area contributed by atoms with E-state index in [9.17, 15) is 4.79 Å². The maximum absolute atomic E-state index is 12.4. The standard InChI is InChI=1S/C20H26N4O2/c1-15(2)26-18-6-4-3-5-17(18)14-24-11-7-16(8-12-24)20(25)23-19-13-21-9-10-22-19/h3-6,9-10,13,15-16H,7-8,11-12,14H2,1-2H3,(H,22,23,25). The van der Waals surface area contributed by atoms with Gasteiger partial charge in [0, 0.05) is 30.4 Å². The summed E-state index contributed by atoms with van der Waals surface area (Å²) in [5.41, 5.74) is 1.20. The van der Waals surface area contributed by atoms with E-state index in [-0.39, 0.29) is 17.9 Å². The van der Waals surface area contributed by atoms with Gasteiger partial charge >= 0.3 is 0 Å². The summed E-state index contributed by atoms with van der Waals surface area (Å²) in [6.45, 7) is 6.72. The van der Waals surface area contributed by atoms with Gasteiger partial charge in [-0.3, -0.25) is 14.7 Å². The molecule has 1 aromatic heterocycles. The number of carbonyl (C=O) groups excluding carboxylic acids is 1. The molecule has 1 aliphatic rings. The molecule has 1 amide bonds. The zero-order valence-corrected chi connectivity index (χ0v) is 15.4. The fourth-order valence-electron chi connectivity index (χ4n) is 3.19. The summed E-state index contributed by atoms with van der Waals surface area (Å²) in [5, 5.41) is 2.86. The summed E-state index contributed by atoms with van der Waals surface area (Å²) in [7, 11) is 0. The maximum Gasteiger partial charge on any atom is 0.228 e. The Morgan fingerprint density at radius 3 is 2.73 bits per heavy atom. The number of piperidine rings is 1. The van der Waals surface area contributed by atoms with Crippen LogP contribution in [-0.4, -0.2) is 40.0 Å². The van der Waals surface area contributed by atoms with E-state index in [1.54, 1.807) is 18.6 Å². The van der Waals surface area contributed by atoms with Gasteiger partial charge in [-0.25, -0.2) is 4.98 Å². The predicted octanol–water partition coefficient (Wildman–Crippen LogP) is 3.11. The number of hydrogen-bond acceptors (Lipinski definition) is 5. The smallest absolute Gasteiger partial charge is 0.228 e. The molecule has 2 aromatic rings. The Morgan fingerprint density at radius 1 is 1.27 bits per heavy atom. The highest BCUT2D eigenvalue weighted by Gasteiger charge is 2.25. The summed E-state index contributed by atoms with van der Waals surface area (Å²) in [6.07, 6.45) is 6.59. The van der Waals surface area contributed by atoms with E-state index in [0.717, 1.165) is 38.2 Å². The van der Waals surface area contributed by atoms with Gasteiger partial charge in [-0.1, -0.05) is 18.2 Å². The Bertz CT molecular complexity index is 713. The fourth-order valence-corrected chi connectivity index (χ4v) is 3.19. The minimum Gasteiger partial charge on any atom is -0.491 e. The molecule has 0 atom stereocenters. The second-order valence-electron chi connectivity index (χ2n) is 6.90. The molecule has 6 nitrogen and oxygen atoms in total. The second-order valence-corrected chi connectivity index (χ2v) is 6.90. The fraction of sp³-hybridized carbons (Fsp3) is 0.450. The molecule has 0 aliphatic carbocycles. The second kappa shape index (κ2) is 8.76. The first-order chi connectivity index (χ1) is 12.6. The highest BCUT2D eigenvalue weighted by Crippen LogP contribution is 2.25. The molecule has 0 bridgehead atoms. The number of nitrogens with zero attached hydrogens (tertiary/aromatic N) is 3. The van der Waals surface area contributed by atoms with Crippen LogP contribution in [-0.2, 0) is 11.3 Å². The number of amides is 1. The molecule has 6 heteroatoms. The van der Waals surface area contributed by atoms with Gasteiger partial charge in [0.2, 0.25) is 5.91 Å². The van der Waals surface area contributed by atoms with Gasteiger partial charge in [-0.05, 0) is 45.8 Å². The Balaban J connectivity index is 1.52. The molecule has 3 rings (SSSR count). The van der Waals surface area contributed by atoms with Crippen molar-refractivity contribution in [2.24, 2.45) is 5.92 Å². The largest absolute Gasteiger partial charge is 0.491 e. The summed E-state index contributed by atoms with van der Waals surface area (Å²) in [6, 6.07) is 8.19. The van der Waals surface area contributed by atoms with Crippen molar-refractivity contribution in [2.45, 2.75) is 39.3 Å². The van der Waals surface area contributed by atoms with E-state index in [1.807, 2.05) is 32.0 Å². The summed E-state index contributed by atoms with van der Waals surface area (Å²) in [5.74, 6) is 1.52. The lowest BCUT2D eigenvalue weighted by molar-refractivity contribution is -0.121. The third kappa shape index (κ3) is 5.02. The van der Waals surface area contributed by atoms with Gasteiger partial charge in [0.25, 0.3) is 0 Å². The van der Waals surface area contributed by atoms with Crippen LogP contribution in [0.5, 0.6) is 5.75 Å². The molecular weight excluding hydrogens is 328 g/mol. The van der Waals surface area contributed by atoms with Crippen molar-refractivity contribution in [2.75, 3.05) is 18.4 Å². The third-order valence-electron chi connectivity index (χ3n) is 4.50. The van der Waals surface area contributed by atoms with Crippen molar-refractivity contribution in [3.05, 3.63) is 48.4 Å². The first-order valence-electron chi connectivity index (χ1n) is 9.15. The lowest BCUT2D eigenvalue weighted by Crippen LogP contribution is -2.38. The van der Waals surface area contributed by atoms with Crippen molar-refractivity contribution in [3.8, 4) is 5.75 Å². The average Bonchev–Trinajstić information content (AvgIpc) is 2.64. The van der Waals surface area contributed by atoms with Crippen LogP contribution in [0.4, 0.5) is 5.82 Å². The zero-order valence-electron chi connectivity index (χ0n) is 15.4. The molecule has 1 aliphatic heterocycles. The van der Waals surface area contributed by atoms with Crippen LogP contribution < -0.4 is 10.1 Å². The van der Waals surface area contributed by atoms with E-state index < -0.39 is 0 Å². The minimum absolute atomic E-state index is 0.0235. The summed E-state index contributed by atoms with van der Waals surface area (Å²) >= 11 is 0. The normalized spacial score (nSPS) is 15.8. The Hall–Kier alpha value is -2.47. The molecule has 2 heterocycles. The molecule has 1 N–H and O–H groups in total. The number of nitrogens with one attached hydrogen (secondary N) is 1. The molecule has 26 heavy (non-hydrogen) atoms. The molecule has 1 aromatic carbocycles. The van der Waals surface area contributed by atoms with Gasteiger partial charge in [0.15, 0.2) is 5.82 Å². The monoisotopic (exact) mass is 354 g/mol. The van der Waals surface area contributed by atoms with Crippen molar-refractivity contribution in [1.29, 1.82) is 0 Å². The van der Waals surface area contributed by atoms with Crippen LogP contribution in [0.2, 0.25) is 0 Å². The quantitative estimate of drug-likeness (QED) is 0.863. The van der Waals surface area contributed by atoms with Crippen LogP contribution >= 0.6 is 0 Å². The van der Waals surface area contributed by atoms with Gasteiger partial charge < -0.3 is 10.1 Å². The van der Waals surface area contributed by atoms with Crippen molar-refractivity contribution >= 4 is 11.7 Å². The van der Waals surface area contributed by atoms with Crippen molar-refractivity contribution in [1.82, 2.24) is 14.9 Å². The van der Waals surface area contributed by atoms with Crippen LogP contribution in [0.3, 0.4) is 0 Å². The molecular formula is C20H26N4O2. The van der Waals surface area contributed by atoms with Crippen LogP contribution in [0.25, 0.3) is 0 Å². The molecule has 0 unspecified atom stereocenters. The van der Waals surface area contributed by atoms with Gasteiger partial charge in [-0.15, -0.1) is 0 Å². The summed E-state index contributed by atoms with van der Waals surface area (Å²) in [4.78, 5) is 22.8. The number of ether oxygens (including phenoxy) is 1. The lowest BCUT2D eigenvalue weighted by atomic mass is 9.95. The highest BCUT2D eigenvalue weighted by atomic mass is 16.5. The zero-order chi connectivity index (χ0) is 18.4. The SMILES string of the molecule is CC(C)Oc1ccccc1CN1CCC(C(=O)Nc2cnccn2)CC1. The first-order valence-corrected chi connectivity index (χ1v) is 9.15. The number of para-hydroxylation sites is 1. The van der Waals surface area contributed by atoms with Gasteiger partial charge in [0.1, 0.15) is 5.75 Å². The average molecular weight is 354 g/mol. The van der Waals surface area contributed by atoms with E-state index in [4.69, 9.17) is 4.74 Å². The van der Waals surface area contributed by atoms with Crippen LogP contribution in [0.15, 0.2) is 42.9 Å². The van der Waals surface area contributed by atoms with E-state index in [0.29, 0.717) is 5.82 Å². The van der Waals surface area contributed by atoms with Crippen LogP contribution in [0.1, 0.15) is 32.3 Å². The number of hydrogen-bond donors (Lipinski definition) is 1. The molecule has 1 saturated heterocycles. The van der Waals surface area contributed by atoms with E-state index in [1.165, 1.54) is 5.56 Å². The van der Waals surface area contributed by atoms with E-state index >= 15 is 0 Å². The highest BCUT2D eigenvalue weighted by molar-refractivity contribution is 5.91. The van der Waals surface area contributed by atoms with E-state index in [2.05, 4.69) is 26.3 Å². The lowest BCUT2D eigenvalue weighted by Gasteiger charge is -2.31. The maximum atomic E-state index is 12.4. The molecule has 138 valence electrons. The molecule has 0 spiro atoms. The number of aromatic nitrogens is 2. The Morgan fingerprint density at radius 2 is 2.04 bits per heavy atom. The van der Waals surface area contributed by atoms with Crippen LogP contribution in [0, 0.1) is 5.92 Å². The van der Waals surface area contributed by atoms with Crippen molar-refractivity contribution < 1.29 is 9.53 Å². The number of carbonyl (C=O) groups is 1. The van der Waals surface area contributed by atoms with Gasteiger partial charge in [0.05, 0.1) is 12.3 Å². The van der Waals surface area contributed by atoms with Crippen molar-refractivity contribution in [3.63, 3.8) is 0 Å². The topological polar surface area (TPSA) is 67.3 Å². The minimum atomic E-state index is 0.0235. The van der Waals surface area contributed by atoms with Gasteiger partial charge in [-0.2, -0.15) is 0 Å². The summed E-state index contributed by atoms with van der Waals surface area (Å²) < 4.78 is 5.91. The third-order valence-corrected chi connectivity index (χ3v) is 4.50. The molecule has 1 fully saturated rings. The Labute approximate surface area is 154 Å². The first kappa shape index (κ1) is 18.3. The number of likely N-dealkylation sites (tertiary alicyclic amines) is 1. The molecule has 0 saturated carbocycles. The Kier molecular flexibility index (Phi) is 6.17. The number of benzene rings is 1. The predicted molar refractivity (Wildman–Crippen MR) is 101 cm³/mol. The number of rotatable bonds is 6. The molecule has 0 radical (unpaired) electrons. The number of anilines is 1.